The van der Waals surface area contributed by atoms with Crippen molar-refractivity contribution < 1.29 is 16.8 Å². The zero-order valence-electron chi connectivity index (χ0n) is 17.8. The van der Waals surface area contributed by atoms with Crippen molar-refractivity contribution in [2.24, 2.45) is 0 Å². The molecule has 34 heavy (non-hydrogen) atoms. The van der Waals surface area contributed by atoms with Crippen molar-refractivity contribution in [3.05, 3.63) is 109 Å². The molecule has 170 valence electrons. The number of anilines is 2. The van der Waals surface area contributed by atoms with Gasteiger partial charge >= 0.3 is 0 Å². The quantitative estimate of drug-likeness (QED) is 0.241. The van der Waals surface area contributed by atoms with Crippen LogP contribution < -0.4 is 9.44 Å². The Balaban J connectivity index is 1.74. The lowest BCUT2D eigenvalue weighted by atomic mass is 9.99. The lowest BCUT2D eigenvalue weighted by molar-refractivity contribution is 0.599. The molecule has 5 aromatic rings. The van der Waals surface area contributed by atoms with Crippen LogP contribution in [0.25, 0.3) is 21.5 Å². The standard InChI is InChI=1S/C26H20N2O4S2/c29-33(30,19-11-3-1-4-12-19)27-25-21-15-7-9-17-23(21)26(24-18-10-8-16-22(24)25)28-34(31,32)20-13-5-2-6-14-20/h1-18,27-28H. The van der Waals surface area contributed by atoms with Crippen molar-refractivity contribution in [2.75, 3.05) is 9.44 Å². The predicted molar refractivity (Wildman–Crippen MR) is 136 cm³/mol. The summed E-state index contributed by atoms with van der Waals surface area (Å²) in [5.74, 6) is 0. The zero-order valence-corrected chi connectivity index (χ0v) is 19.5. The molecule has 0 heterocycles. The SMILES string of the molecule is O=S(=O)(Nc1c2ccccc2c(NS(=O)(=O)c2ccccc2)c2ccccc12)c1ccccc1. The number of nitrogens with one attached hydrogen (secondary N) is 2. The van der Waals surface area contributed by atoms with Gasteiger partial charge in [0.15, 0.2) is 0 Å². The van der Waals surface area contributed by atoms with Crippen molar-refractivity contribution in [1.29, 1.82) is 0 Å². The van der Waals surface area contributed by atoms with E-state index in [4.69, 9.17) is 0 Å². The Morgan fingerprint density at radius 2 is 0.647 bits per heavy atom. The van der Waals surface area contributed by atoms with Gasteiger partial charge in [0.25, 0.3) is 20.0 Å². The van der Waals surface area contributed by atoms with Gasteiger partial charge < -0.3 is 0 Å². The van der Waals surface area contributed by atoms with Gasteiger partial charge in [0.05, 0.1) is 21.2 Å². The van der Waals surface area contributed by atoms with E-state index in [1.54, 1.807) is 84.9 Å². The molecular weight excluding hydrogens is 468 g/mol. The molecule has 0 atom stereocenters. The molecule has 0 aliphatic carbocycles. The number of benzene rings is 5. The molecule has 0 aliphatic heterocycles. The number of sulfonamides is 2. The van der Waals surface area contributed by atoms with Crippen molar-refractivity contribution >= 4 is 53.0 Å². The summed E-state index contributed by atoms with van der Waals surface area (Å²) in [5.41, 5.74) is 0.774. The van der Waals surface area contributed by atoms with Crippen molar-refractivity contribution in [1.82, 2.24) is 0 Å². The fraction of sp³-hybridized carbons (Fsp3) is 0. The number of hydrogen-bond donors (Lipinski definition) is 2. The van der Waals surface area contributed by atoms with Gasteiger partial charge in [-0.15, -0.1) is 0 Å². The first-order valence-electron chi connectivity index (χ1n) is 10.5. The molecule has 0 saturated carbocycles. The minimum Gasteiger partial charge on any atom is -0.278 e. The lowest BCUT2D eigenvalue weighted by Gasteiger charge is -2.19. The summed E-state index contributed by atoms with van der Waals surface area (Å²) in [6.45, 7) is 0. The Morgan fingerprint density at radius 3 is 0.941 bits per heavy atom. The first kappa shape index (κ1) is 21.9. The van der Waals surface area contributed by atoms with Gasteiger partial charge in [0.2, 0.25) is 0 Å². The van der Waals surface area contributed by atoms with Crippen LogP contribution in [0.1, 0.15) is 0 Å². The van der Waals surface area contributed by atoms with E-state index in [2.05, 4.69) is 9.44 Å². The predicted octanol–water partition coefficient (Wildman–Crippen LogP) is 5.59. The largest absolute Gasteiger partial charge is 0.278 e. The van der Waals surface area contributed by atoms with Crippen molar-refractivity contribution in [3.8, 4) is 0 Å². The highest BCUT2D eigenvalue weighted by Gasteiger charge is 2.22. The smallest absolute Gasteiger partial charge is 0.261 e. The second kappa shape index (κ2) is 8.48. The maximum atomic E-state index is 13.2. The molecule has 0 aromatic heterocycles. The van der Waals surface area contributed by atoms with Crippen LogP contribution in [-0.2, 0) is 20.0 Å². The van der Waals surface area contributed by atoms with E-state index in [0.29, 0.717) is 32.9 Å². The van der Waals surface area contributed by atoms with E-state index in [-0.39, 0.29) is 9.79 Å². The van der Waals surface area contributed by atoms with Gasteiger partial charge in [0.1, 0.15) is 0 Å². The molecule has 0 saturated heterocycles. The van der Waals surface area contributed by atoms with Crippen LogP contribution in [-0.4, -0.2) is 16.8 Å². The Hall–Kier alpha value is -3.88. The fourth-order valence-corrected chi connectivity index (χ4v) is 6.18. The first-order chi connectivity index (χ1) is 16.4. The normalized spacial score (nSPS) is 12.0. The van der Waals surface area contributed by atoms with Crippen LogP contribution in [0.5, 0.6) is 0 Å². The second-order valence-corrected chi connectivity index (χ2v) is 11.0. The summed E-state index contributed by atoms with van der Waals surface area (Å²) in [4.78, 5) is 0.272. The van der Waals surface area contributed by atoms with E-state index < -0.39 is 20.0 Å². The highest BCUT2D eigenvalue weighted by molar-refractivity contribution is 7.93. The lowest BCUT2D eigenvalue weighted by Crippen LogP contribution is -2.15. The molecule has 2 N–H and O–H groups in total. The second-order valence-electron chi connectivity index (χ2n) is 7.68. The summed E-state index contributed by atoms with van der Waals surface area (Å²) in [6, 6.07) is 30.4. The Kier molecular flexibility index (Phi) is 5.47. The van der Waals surface area contributed by atoms with Crippen molar-refractivity contribution in [3.63, 3.8) is 0 Å². The fourth-order valence-electron chi connectivity index (χ4n) is 3.93. The summed E-state index contributed by atoms with van der Waals surface area (Å²) in [7, 11) is -7.75. The molecule has 0 aliphatic rings. The van der Waals surface area contributed by atoms with Crippen LogP contribution in [0, 0.1) is 0 Å². The molecule has 0 spiro atoms. The third kappa shape index (κ3) is 3.98. The summed E-state index contributed by atoms with van der Waals surface area (Å²) < 4.78 is 58.1. The molecule has 6 nitrogen and oxygen atoms in total. The van der Waals surface area contributed by atoms with Gasteiger partial charge in [-0.25, -0.2) is 16.8 Å². The Bertz CT molecular complexity index is 1530. The van der Waals surface area contributed by atoms with E-state index in [1.807, 2.05) is 0 Å². The van der Waals surface area contributed by atoms with Crippen LogP contribution in [0.4, 0.5) is 11.4 Å². The van der Waals surface area contributed by atoms with Crippen molar-refractivity contribution in [2.45, 2.75) is 9.79 Å². The monoisotopic (exact) mass is 488 g/mol. The zero-order chi connectivity index (χ0) is 23.8. The minimum absolute atomic E-state index is 0.136. The maximum absolute atomic E-state index is 13.2. The Morgan fingerprint density at radius 1 is 0.382 bits per heavy atom. The maximum Gasteiger partial charge on any atom is 0.261 e. The minimum atomic E-state index is -3.88. The van der Waals surface area contributed by atoms with Crippen LogP contribution in [0.2, 0.25) is 0 Å². The molecule has 0 unspecified atom stereocenters. The molecule has 5 rings (SSSR count). The molecule has 5 aromatic carbocycles. The number of fused-ring (bicyclic) bond motifs is 2. The van der Waals surface area contributed by atoms with E-state index >= 15 is 0 Å². The van der Waals surface area contributed by atoms with Crippen LogP contribution in [0.3, 0.4) is 0 Å². The molecule has 0 bridgehead atoms. The van der Waals surface area contributed by atoms with Gasteiger partial charge in [-0.1, -0.05) is 84.9 Å². The van der Waals surface area contributed by atoms with Gasteiger partial charge in [0, 0.05) is 21.5 Å². The van der Waals surface area contributed by atoms with Gasteiger partial charge in [-0.2, -0.15) is 0 Å². The van der Waals surface area contributed by atoms with Crippen LogP contribution >= 0.6 is 0 Å². The highest BCUT2D eigenvalue weighted by atomic mass is 32.2. The molecule has 0 fully saturated rings. The Labute approximate surface area is 198 Å². The van der Waals surface area contributed by atoms with Crippen LogP contribution in [0.15, 0.2) is 119 Å². The number of rotatable bonds is 6. The summed E-state index contributed by atoms with van der Waals surface area (Å²) in [6.07, 6.45) is 0. The summed E-state index contributed by atoms with van der Waals surface area (Å²) in [5, 5.41) is 2.30. The third-order valence-electron chi connectivity index (χ3n) is 5.51. The van der Waals surface area contributed by atoms with Gasteiger partial charge in [-0.05, 0) is 24.3 Å². The molecular formula is C26H20N2O4S2. The first-order valence-corrected chi connectivity index (χ1v) is 13.4. The summed E-state index contributed by atoms with van der Waals surface area (Å²) >= 11 is 0. The van der Waals surface area contributed by atoms with E-state index in [1.165, 1.54) is 24.3 Å². The van der Waals surface area contributed by atoms with E-state index in [0.717, 1.165) is 0 Å². The van der Waals surface area contributed by atoms with E-state index in [9.17, 15) is 16.8 Å². The molecule has 0 amide bonds. The average Bonchev–Trinajstić information content (AvgIpc) is 2.87. The average molecular weight is 489 g/mol. The molecule has 0 radical (unpaired) electrons. The highest BCUT2D eigenvalue weighted by Crippen LogP contribution is 2.41. The topological polar surface area (TPSA) is 92.3 Å². The van der Waals surface area contributed by atoms with Gasteiger partial charge in [-0.3, -0.25) is 9.44 Å². The third-order valence-corrected chi connectivity index (χ3v) is 8.24. The molecule has 8 heteroatoms. The number of hydrogen-bond acceptors (Lipinski definition) is 4.